The summed E-state index contributed by atoms with van der Waals surface area (Å²) in [5, 5.41) is 2.12. The van der Waals surface area contributed by atoms with E-state index in [1.165, 1.54) is 30.5 Å². The fraction of sp³-hybridized carbons (Fsp3) is 0. The zero-order valence-electron chi connectivity index (χ0n) is 13.1. The molecule has 0 radical (unpaired) electrons. The molecule has 1 heterocycles. The second kappa shape index (κ2) is 7.19. The third-order valence-corrected chi connectivity index (χ3v) is 6.92. The molecule has 116 valence electrons. The Hall–Kier alpha value is -2.12. The van der Waals surface area contributed by atoms with E-state index < -0.39 is 0 Å². The van der Waals surface area contributed by atoms with Crippen molar-refractivity contribution in [3.8, 4) is 11.1 Å². The number of thiophene rings is 1. The van der Waals surface area contributed by atoms with Crippen LogP contribution in [0, 0.1) is 0 Å². The van der Waals surface area contributed by atoms with Crippen molar-refractivity contribution in [2.45, 2.75) is 0 Å². The first-order valence-corrected chi connectivity index (χ1v) is 10.5. The maximum atomic E-state index is 2.36. The molecule has 0 amide bonds. The van der Waals surface area contributed by atoms with Gasteiger partial charge in [0.2, 0.25) is 0 Å². The number of rotatable bonds is 4. The Bertz CT molecular complexity index is 923. The van der Waals surface area contributed by atoms with Gasteiger partial charge in [0.05, 0.1) is 0 Å². The van der Waals surface area contributed by atoms with E-state index in [0.29, 0.717) is 15.0 Å². The molecule has 0 fully saturated rings. The minimum atomic E-state index is 0.322. The van der Waals surface area contributed by atoms with Crippen LogP contribution in [0.4, 0.5) is 0 Å². The number of benzene rings is 1. The average Bonchev–Trinajstić information content (AvgIpc) is 3.15. The molecule has 0 atom stereocenters. The van der Waals surface area contributed by atoms with Crippen LogP contribution < -0.4 is 8.92 Å². The summed E-state index contributed by atoms with van der Waals surface area (Å²) in [6, 6.07) is 28.2. The van der Waals surface area contributed by atoms with Crippen molar-refractivity contribution in [1.29, 1.82) is 0 Å². The molecule has 2 heteroatoms. The quantitative estimate of drug-likeness (QED) is 0.443. The molecule has 24 heavy (non-hydrogen) atoms. The van der Waals surface area contributed by atoms with Crippen molar-refractivity contribution >= 4 is 47.4 Å². The van der Waals surface area contributed by atoms with Crippen LogP contribution in [0.15, 0.2) is 84.2 Å². The van der Waals surface area contributed by atoms with Gasteiger partial charge in [-0.15, -0.1) is 0 Å². The molecule has 0 bridgehead atoms. The standard InChI is InChI=1S/C22H16SSe/c1-3-9-19(10-4-1)24-22-16-17(13-14-18-8-7-15-23-18)20-11-5-2-6-12-21(20)22/h1-16H/b14-13+. The molecular weight excluding hydrogens is 375 g/mol. The van der Waals surface area contributed by atoms with Crippen molar-refractivity contribution < 1.29 is 0 Å². The molecule has 0 saturated carbocycles. The third kappa shape index (κ3) is 3.37. The van der Waals surface area contributed by atoms with Crippen LogP contribution in [-0.2, 0) is 0 Å². The maximum absolute atomic E-state index is 2.36. The van der Waals surface area contributed by atoms with Crippen LogP contribution in [-0.4, -0.2) is 15.0 Å². The summed E-state index contributed by atoms with van der Waals surface area (Å²) in [6.07, 6.45) is 4.46. The summed E-state index contributed by atoms with van der Waals surface area (Å²) in [5.41, 5.74) is 4.01. The Labute approximate surface area is 153 Å². The molecule has 0 aliphatic heterocycles. The Morgan fingerprint density at radius 2 is 1.46 bits per heavy atom. The van der Waals surface area contributed by atoms with E-state index in [-0.39, 0.29) is 0 Å². The second-order valence-electron chi connectivity index (χ2n) is 5.47. The van der Waals surface area contributed by atoms with Gasteiger partial charge in [0.15, 0.2) is 0 Å². The van der Waals surface area contributed by atoms with E-state index in [4.69, 9.17) is 0 Å². The summed E-state index contributed by atoms with van der Waals surface area (Å²) in [5.74, 6) is 0. The van der Waals surface area contributed by atoms with E-state index in [2.05, 4.69) is 96.4 Å². The van der Waals surface area contributed by atoms with Crippen molar-refractivity contribution in [2.24, 2.45) is 0 Å². The first kappa shape index (κ1) is 15.4. The van der Waals surface area contributed by atoms with Crippen molar-refractivity contribution in [2.75, 3.05) is 0 Å². The van der Waals surface area contributed by atoms with E-state index in [9.17, 15) is 0 Å². The van der Waals surface area contributed by atoms with E-state index in [1.807, 2.05) is 0 Å². The summed E-state index contributed by atoms with van der Waals surface area (Å²) in [4.78, 5) is 1.29. The molecule has 0 spiro atoms. The Morgan fingerprint density at radius 1 is 0.708 bits per heavy atom. The van der Waals surface area contributed by atoms with Crippen molar-refractivity contribution in [3.05, 3.63) is 94.7 Å². The summed E-state index contributed by atoms with van der Waals surface area (Å²) >= 11 is 2.09. The van der Waals surface area contributed by atoms with E-state index >= 15 is 0 Å². The Balaban J connectivity index is 1.75. The molecule has 4 rings (SSSR count). The van der Waals surface area contributed by atoms with E-state index in [0.717, 1.165) is 0 Å². The van der Waals surface area contributed by atoms with Crippen LogP contribution in [0.1, 0.15) is 10.4 Å². The zero-order valence-corrected chi connectivity index (χ0v) is 15.6. The SMILES string of the molecule is C(=C\c1cc([Se]c2ccccc2)c2cccccc1-2)/c1cccs1. The Morgan fingerprint density at radius 3 is 2.21 bits per heavy atom. The summed E-state index contributed by atoms with van der Waals surface area (Å²) < 4.78 is 2.86. The first-order chi connectivity index (χ1) is 11.9. The van der Waals surface area contributed by atoms with E-state index in [1.54, 1.807) is 11.3 Å². The second-order valence-corrected chi connectivity index (χ2v) is 8.79. The van der Waals surface area contributed by atoms with Crippen LogP contribution in [0.3, 0.4) is 0 Å². The topological polar surface area (TPSA) is 0 Å². The normalized spacial score (nSPS) is 11.3. The molecule has 2 aliphatic carbocycles. The van der Waals surface area contributed by atoms with Gasteiger partial charge in [-0.25, -0.2) is 0 Å². The van der Waals surface area contributed by atoms with Crippen LogP contribution in [0.5, 0.6) is 0 Å². The van der Waals surface area contributed by atoms with Gasteiger partial charge in [0.25, 0.3) is 0 Å². The van der Waals surface area contributed by atoms with Gasteiger partial charge in [-0.3, -0.25) is 0 Å². The average molecular weight is 391 g/mol. The van der Waals surface area contributed by atoms with Gasteiger partial charge in [-0.2, -0.15) is 0 Å². The molecular formula is C22H16SSe. The van der Waals surface area contributed by atoms with Crippen LogP contribution in [0.2, 0.25) is 0 Å². The van der Waals surface area contributed by atoms with Gasteiger partial charge in [0, 0.05) is 0 Å². The monoisotopic (exact) mass is 392 g/mol. The Kier molecular flexibility index (Phi) is 4.62. The van der Waals surface area contributed by atoms with Crippen molar-refractivity contribution in [3.63, 3.8) is 0 Å². The fourth-order valence-corrected chi connectivity index (χ4v) is 5.47. The molecule has 0 N–H and O–H groups in total. The van der Waals surface area contributed by atoms with Gasteiger partial charge in [-0.05, 0) is 0 Å². The number of hydrogen-bond acceptors (Lipinski definition) is 1. The molecule has 2 aliphatic rings. The van der Waals surface area contributed by atoms with Gasteiger partial charge in [-0.1, -0.05) is 0 Å². The molecule has 0 nitrogen and oxygen atoms in total. The number of hydrogen-bond donors (Lipinski definition) is 0. The molecule has 0 unspecified atom stereocenters. The molecule has 1 aromatic carbocycles. The minimum absolute atomic E-state index is 0.322. The zero-order chi connectivity index (χ0) is 16.2. The first-order valence-electron chi connectivity index (χ1n) is 7.86. The van der Waals surface area contributed by atoms with Crippen molar-refractivity contribution in [1.82, 2.24) is 0 Å². The van der Waals surface area contributed by atoms with Crippen LogP contribution >= 0.6 is 11.3 Å². The summed E-state index contributed by atoms with van der Waals surface area (Å²) in [7, 11) is 0. The molecule has 1 aromatic heterocycles. The van der Waals surface area contributed by atoms with Crippen LogP contribution in [0.25, 0.3) is 23.3 Å². The number of fused-ring (bicyclic) bond motifs is 1. The van der Waals surface area contributed by atoms with Gasteiger partial charge >= 0.3 is 153 Å². The van der Waals surface area contributed by atoms with Gasteiger partial charge < -0.3 is 0 Å². The van der Waals surface area contributed by atoms with Gasteiger partial charge in [0.1, 0.15) is 0 Å². The molecule has 2 aromatic rings. The predicted octanol–water partition coefficient (Wildman–Crippen LogP) is 4.68. The third-order valence-electron chi connectivity index (χ3n) is 3.84. The predicted molar refractivity (Wildman–Crippen MR) is 108 cm³/mol. The fourth-order valence-electron chi connectivity index (χ4n) is 2.71. The molecule has 0 saturated heterocycles. The summed E-state index contributed by atoms with van der Waals surface area (Å²) in [6.45, 7) is 0.